The predicted molar refractivity (Wildman–Crippen MR) is 144 cm³/mol. The Bertz CT molecular complexity index is 924. The molecular formula is C26H44BN5O5. The van der Waals surface area contributed by atoms with Gasteiger partial charge in [0.1, 0.15) is 11.6 Å². The molecule has 11 heteroatoms. The predicted octanol–water partition coefficient (Wildman–Crippen LogP) is 2.66. The maximum absolute atomic E-state index is 12.8. The molecule has 3 rings (SSSR count). The Morgan fingerprint density at radius 2 is 1.65 bits per heavy atom. The molecule has 2 fully saturated rings. The molecule has 37 heavy (non-hydrogen) atoms. The third kappa shape index (κ3) is 7.57. The van der Waals surface area contributed by atoms with E-state index in [1.54, 1.807) is 33.2 Å². The summed E-state index contributed by atoms with van der Waals surface area (Å²) in [5.41, 5.74) is -0.630. The van der Waals surface area contributed by atoms with Gasteiger partial charge in [0.05, 0.1) is 11.2 Å². The zero-order chi connectivity index (χ0) is 27.6. The van der Waals surface area contributed by atoms with Crippen LogP contribution in [0.15, 0.2) is 12.4 Å². The maximum atomic E-state index is 12.8. The number of alkyl carbamates (subject to hydrolysis) is 1. The van der Waals surface area contributed by atoms with Gasteiger partial charge in [-0.2, -0.15) is 0 Å². The molecule has 10 nitrogen and oxygen atoms in total. The summed E-state index contributed by atoms with van der Waals surface area (Å²) in [5.74, 6) is 0.777. The molecule has 0 unspecified atom stereocenters. The van der Waals surface area contributed by atoms with Crippen LogP contribution in [0.4, 0.5) is 10.7 Å². The van der Waals surface area contributed by atoms with Crippen molar-refractivity contribution in [1.29, 1.82) is 0 Å². The number of amides is 2. The highest BCUT2D eigenvalue weighted by atomic mass is 16.7. The van der Waals surface area contributed by atoms with Gasteiger partial charge in [-0.05, 0) is 73.1 Å². The average molecular weight is 517 g/mol. The zero-order valence-electron chi connectivity index (χ0n) is 23.9. The van der Waals surface area contributed by atoms with Crippen molar-refractivity contribution in [2.75, 3.05) is 24.5 Å². The lowest BCUT2D eigenvalue weighted by atomic mass is 9.81. The van der Waals surface area contributed by atoms with E-state index in [1.807, 2.05) is 41.5 Å². The number of nitrogens with zero attached hydrogens (tertiary/aromatic N) is 3. The lowest BCUT2D eigenvalue weighted by molar-refractivity contribution is -0.124. The van der Waals surface area contributed by atoms with Gasteiger partial charge in [0, 0.05) is 37.5 Å². The summed E-state index contributed by atoms with van der Waals surface area (Å²) in [6.45, 7) is 19.5. The van der Waals surface area contributed by atoms with Crippen LogP contribution in [-0.2, 0) is 18.8 Å². The molecule has 1 aromatic rings. The van der Waals surface area contributed by atoms with E-state index in [4.69, 9.17) is 14.0 Å². The molecule has 206 valence electrons. The van der Waals surface area contributed by atoms with Crippen LogP contribution in [-0.4, -0.2) is 71.6 Å². The first kappa shape index (κ1) is 29.2. The van der Waals surface area contributed by atoms with Crippen molar-refractivity contribution in [3.8, 4) is 0 Å². The van der Waals surface area contributed by atoms with Crippen LogP contribution >= 0.6 is 0 Å². The number of aromatic nitrogens is 2. The second kappa shape index (κ2) is 11.1. The molecule has 2 N–H and O–H groups in total. The summed E-state index contributed by atoms with van der Waals surface area (Å²) in [5, 5.41) is 5.73. The summed E-state index contributed by atoms with van der Waals surface area (Å²) in [7, 11) is -0.479. The second-order valence-corrected chi connectivity index (χ2v) is 12.4. The molecule has 3 heterocycles. The Balaban J connectivity index is 1.46. The minimum absolute atomic E-state index is 0.0633. The van der Waals surface area contributed by atoms with Gasteiger partial charge in [-0.1, -0.05) is 13.8 Å². The molecule has 0 aromatic carbocycles. The van der Waals surface area contributed by atoms with E-state index in [0.717, 1.165) is 31.4 Å². The highest BCUT2D eigenvalue weighted by Crippen LogP contribution is 2.36. The second-order valence-electron chi connectivity index (χ2n) is 12.4. The Morgan fingerprint density at radius 1 is 1.11 bits per heavy atom. The monoisotopic (exact) mass is 517 g/mol. The van der Waals surface area contributed by atoms with Gasteiger partial charge < -0.3 is 29.6 Å². The Labute approximate surface area is 221 Å². The van der Waals surface area contributed by atoms with Crippen molar-refractivity contribution in [2.24, 2.45) is 11.8 Å². The van der Waals surface area contributed by atoms with E-state index in [2.05, 4.69) is 25.5 Å². The first-order chi connectivity index (χ1) is 17.1. The molecule has 0 radical (unpaired) electrons. The lowest BCUT2D eigenvalue weighted by Gasteiger charge is -2.32. The van der Waals surface area contributed by atoms with Gasteiger partial charge in [0.25, 0.3) is 0 Å². The fourth-order valence-corrected chi connectivity index (χ4v) is 4.26. The highest BCUT2D eigenvalue weighted by molar-refractivity contribution is 6.61. The number of hydrogen-bond donors (Lipinski definition) is 2. The van der Waals surface area contributed by atoms with Crippen molar-refractivity contribution in [3.63, 3.8) is 0 Å². The number of carbonyl (C=O) groups excluding carboxylic acids is 2. The number of ether oxygens (including phenoxy) is 1. The van der Waals surface area contributed by atoms with Crippen LogP contribution in [0.1, 0.15) is 75.2 Å². The normalized spacial score (nSPS) is 20.6. The fraction of sp³-hybridized carbons (Fsp3) is 0.769. The van der Waals surface area contributed by atoms with Gasteiger partial charge in [-0.15, -0.1) is 0 Å². The van der Waals surface area contributed by atoms with Crippen LogP contribution in [0.3, 0.4) is 0 Å². The van der Waals surface area contributed by atoms with Gasteiger partial charge in [-0.25, -0.2) is 14.8 Å². The number of nitrogens with one attached hydrogen (secondary N) is 2. The molecule has 0 aliphatic carbocycles. The lowest BCUT2D eigenvalue weighted by Crippen LogP contribution is -2.52. The van der Waals surface area contributed by atoms with Gasteiger partial charge in [0.15, 0.2) is 0 Å². The Morgan fingerprint density at radius 3 is 2.14 bits per heavy atom. The summed E-state index contributed by atoms with van der Waals surface area (Å²) in [6.07, 6.45) is 4.79. The molecule has 0 spiro atoms. The van der Waals surface area contributed by atoms with E-state index in [9.17, 15) is 9.59 Å². The molecule has 0 bridgehead atoms. The molecule has 1 aromatic heterocycles. The Kier molecular flexibility index (Phi) is 8.79. The topological polar surface area (TPSA) is 115 Å². The molecule has 2 amide bonds. The van der Waals surface area contributed by atoms with Crippen molar-refractivity contribution >= 4 is 30.5 Å². The molecule has 2 saturated heterocycles. The number of rotatable bonds is 7. The van der Waals surface area contributed by atoms with Gasteiger partial charge in [-0.3, -0.25) is 4.79 Å². The fourth-order valence-electron chi connectivity index (χ4n) is 4.26. The third-order valence-electron chi connectivity index (χ3n) is 7.27. The van der Waals surface area contributed by atoms with Crippen molar-refractivity contribution in [1.82, 2.24) is 20.6 Å². The summed E-state index contributed by atoms with van der Waals surface area (Å²) in [4.78, 5) is 36.3. The van der Waals surface area contributed by atoms with Gasteiger partial charge >= 0.3 is 13.2 Å². The number of anilines is 1. The van der Waals surface area contributed by atoms with Crippen molar-refractivity contribution in [2.45, 2.75) is 98.0 Å². The van der Waals surface area contributed by atoms with E-state index in [1.165, 1.54) is 0 Å². The zero-order valence-corrected chi connectivity index (χ0v) is 23.9. The molecule has 1 atom stereocenters. The molecule has 2 aliphatic heterocycles. The Hall–Kier alpha value is -2.40. The standard InChI is InChI=1S/C26H44BN5O5/c1-17(2)20(31-23(34)35-24(3,4)5)21(33)28-14-18-10-12-32(13-11-18)22-29-15-19(16-30-22)27-36-25(6,7)26(8,9)37-27/h15-18,20H,10-14H2,1-9H3,(H,28,33)(H,31,34)/t20-/m1/s1. The number of piperidine rings is 1. The first-order valence-corrected chi connectivity index (χ1v) is 13.3. The summed E-state index contributed by atoms with van der Waals surface area (Å²) >= 11 is 0. The minimum atomic E-state index is -0.647. The van der Waals surface area contributed by atoms with Crippen molar-refractivity contribution < 1.29 is 23.6 Å². The summed E-state index contributed by atoms with van der Waals surface area (Å²) < 4.78 is 17.5. The van der Waals surface area contributed by atoms with Crippen LogP contribution < -0.4 is 21.0 Å². The molecular weight excluding hydrogens is 473 g/mol. The quantitative estimate of drug-likeness (QED) is 0.531. The highest BCUT2D eigenvalue weighted by Gasteiger charge is 2.52. The minimum Gasteiger partial charge on any atom is -0.444 e. The first-order valence-electron chi connectivity index (χ1n) is 13.3. The maximum Gasteiger partial charge on any atom is 0.498 e. The van der Waals surface area contributed by atoms with Crippen LogP contribution in [0.2, 0.25) is 0 Å². The molecule has 0 saturated carbocycles. The van der Waals surface area contributed by atoms with Crippen LogP contribution in [0.25, 0.3) is 0 Å². The SMILES string of the molecule is CC(C)[C@@H](NC(=O)OC(C)(C)C)C(=O)NCC1CCN(c2ncc(B3OC(C)(C)C(C)(C)O3)cn2)CC1. The van der Waals surface area contributed by atoms with Crippen molar-refractivity contribution in [3.05, 3.63) is 12.4 Å². The summed E-state index contributed by atoms with van der Waals surface area (Å²) in [6, 6.07) is -0.647. The van der Waals surface area contributed by atoms with E-state index in [0.29, 0.717) is 18.4 Å². The third-order valence-corrected chi connectivity index (χ3v) is 7.27. The van der Waals surface area contributed by atoms with E-state index in [-0.39, 0.29) is 11.8 Å². The number of hydrogen-bond acceptors (Lipinski definition) is 8. The average Bonchev–Trinajstić information content (AvgIpc) is 3.01. The van der Waals surface area contributed by atoms with Gasteiger partial charge in [0.2, 0.25) is 11.9 Å². The molecule has 2 aliphatic rings. The van der Waals surface area contributed by atoms with Crippen LogP contribution in [0.5, 0.6) is 0 Å². The largest absolute Gasteiger partial charge is 0.498 e. The van der Waals surface area contributed by atoms with E-state index >= 15 is 0 Å². The smallest absolute Gasteiger partial charge is 0.444 e. The van der Waals surface area contributed by atoms with Crippen LogP contribution in [0, 0.1) is 11.8 Å². The van der Waals surface area contributed by atoms with E-state index < -0.39 is 36.1 Å². The number of carbonyl (C=O) groups is 2.